The molecule has 0 bridgehead atoms. The highest BCUT2D eigenvalue weighted by atomic mass is 32.1. The highest BCUT2D eigenvalue weighted by Gasteiger charge is 2.08. The largest absolute Gasteiger partial charge is 0.497 e. The van der Waals surface area contributed by atoms with Crippen LogP contribution in [0.4, 0.5) is 11.4 Å². The number of rotatable bonds is 5. The van der Waals surface area contributed by atoms with Crippen LogP contribution in [0, 0.1) is 6.92 Å². The molecule has 0 fully saturated rings. The topological polar surface area (TPSA) is 47.3 Å². The number of hydrogen-bond acceptors (Lipinski definition) is 4. The highest BCUT2D eigenvalue weighted by molar-refractivity contribution is 7.11. The van der Waals surface area contributed by atoms with Crippen LogP contribution in [0.3, 0.4) is 0 Å². The van der Waals surface area contributed by atoms with Gasteiger partial charge in [-0.2, -0.15) is 0 Å². The number of nitrogens with two attached hydrogens (primary N) is 1. The quantitative estimate of drug-likeness (QED) is 0.819. The second-order valence-corrected chi connectivity index (χ2v) is 6.09. The van der Waals surface area contributed by atoms with Gasteiger partial charge in [-0.3, -0.25) is 0 Å². The molecule has 0 aliphatic rings. The lowest BCUT2D eigenvalue weighted by Crippen LogP contribution is -2.18. The van der Waals surface area contributed by atoms with E-state index in [1.165, 1.54) is 9.75 Å². The van der Waals surface area contributed by atoms with E-state index < -0.39 is 0 Å². The van der Waals surface area contributed by atoms with Gasteiger partial charge in [-0.1, -0.05) is 0 Å². The molecule has 1 atom stereocenters. The molecular formula is C15H20N2OS. The third kappa shape index (κ3) is 3.64. The number of anilines is 2. The zero-order valence-corrected chi connectivity index (χ0v) is 12.4. The molecule has 0 spiro atoms. The Morgan fingerprint density at radius 3 is 2.68 bits per heavy atom. The van der Waals surface area contributed by atoms with Gasteiger partial charge in [0, 0.05) is 28.3 Å². The van der Waals surface area contributed by atoms with Crippen LogP contribution in [0.25, 0.3) is 0 Å². The summed E-state index contributed by atoms with van der Waals surface area (Å²) in [6.45, 7) is 4.30. The van der Waals surface area contributed by atoms with Gasteiger partial charge >= 0.3 is 0 Å². The molecule has 2 aromatic rings. The van der Waals surface area contributed by atoms with Crippen LogP contribution in [0.2, 0.25) is 0 Å². The third-order valence-electron chi connectivity index (χ3n) is 2.96. The van der Waals surface area contributed by atoms with E-state index in [0.717, 1.165) is 17.9 Å². The molecule has 1 aromatic heterocycles. The third-order valence-corrected chi connectivity index (χ3v) is 3.99. The average molecular weight is 276 g/mol. The summed E-state index contributed by atoms with van der Waals surface area (Å²) in [6.07, 6.45) is 1.00. The van der Waals surface area contributed by atoms with E-state index in [4.69, 9.17) is 10.5 Å². The van der Waals surface area contributed by atoms with E-state index >= 15 is 0 Å². The van der Waals surface area contributed by atoms with Crippen LogP contribution in [0.15, 0.2) is 30.3 Å². The minimum Gasteiger partial charge on any atom is -0.497 e. The van der Waals surface area contributed by atoms with Gasteiger partial charge in [0.2, 0.25) is 0 Å². The summed E-state index contributed by atoms with van der Waals surface area (Å²) in [4.78, 5) is 2.75. The average Bonchev–Trinajstić information content (AvgIpc) is 2.77. The number of thiophene rings is 1. The van der Waals surface area contributed by atoms with Crippen molar-refractivity contribution < 1.29 is 4.74 Å². The van der Waals surface area contributed by atoms with Crippen LogP contribution in [-0.4, -0.2) is 13.2 Å². The number of nitrogen functional groups attached to an aromatic ring is 1. The SMILES string of the molecule is COc1ccc(NC(C)Cc2ccc(C)s2)c(N)c1. The van der Waals surface area contributed by atoms with Gasteiger partial charge in [-0.25, -0.2) is 0 Å². The molecule has 2 rings (SSSR count). The summed E-state index contributed by atoms with van der Waals surface area (Å²) in [7, 11) is 1.64. The summed E-state index contributed by atoms with van der Waals surface area (Å²) in [5.74, 6) is 0.782. The van der Waals surface area contributed by atoms with E-state index in [2.05, 4.69) is 31.3 Å². The molecule has 3 nitrogen and oxygen atoms in total. The second kappa shape index (κ2) is 5.97. The van der Waals surface area contributed by atoms with Gasteiger partial charge < -0.3 is 15.8 Å². The van der Waals surface area contributed by atoms with Crippen molar-refractivity contribution in [2.45, 2.75) is 26.3 Å². The van der Waals surface area contributed by atoms with E-state index in [1.54, 1.807) is 7.11 Å². The van der Waals surface area contributed by atoms with Crippen molar-refractivity contribution in [3.05, 3.63) is 40.1 Å². The molecule has 0 radical (unpaired) electrons. The Kier molecular flexibility index (Phi) is 4.32. The van der Waals surface area contributed by atoms with Gasteiger partial charge in [0.25, 0.3) is 0 Å². The van der Waals surface area contributed by atoms with Crippen LogP contribution in [0.1, 0.15) is 16.7 Å². The van der Waals surface area contributed by atoms with Crippen molar-refractivity contribution in [3.63, 3.8) is 0 Å². The number of methoxy groups -OCH3 is 1. The molecule has 1 heterocycles. The van der Waals surface area contributed by atoms with Crippen molar-refractivity contribution >= 4 is 22.7 Å². The number of hydrogen-bond donors (Lipinski definition) is 2. The Morgan fingerprint density at radius 1 is 1.32 bits per heavy atom. The summed E-state index contributed by atoms with van der Waals surface area (Å²) in [5.41, 5.74) is 7.68. The lowest BCUT2D eigenvalue weighted by molar-refractivity contribution is 0.415. The zero-order valence-electron chi connectivity index (χ0n) is 11.6. The normalized spacial score (nSPS) is 12.2. The number of nitrogens with one attached hydrogen (secondary N) is 1. The molecule has 102 valence electrons. The van der Waals surface area contributed by atoms with Crippen molar-refractivity contribution in [3.8, 4) is 5.75 Å². The first-order chi connectivity index (χ1) is 9.08. The molecule has 1 unspecified atom stereocenters. The Labute approximate surface area is 118 Å². The minimum atomic E-state index is 0.341. The Hall–Kier alpha value is -1.68. The molecule has 0 saturated carbocycles. The van der Waals surface area contributed by atoms with Gasteiger partial charge in [-0.05, 0) is 38.1 Å². The predicted molar refractivity (Wildman–Crippen MR) is 83.3 cm³/mol. The Bertz CT molecular complexity index is 551. The standard InChI is InChI=1S/C15H20N2OS/c1-10(8-13-6-4-11(2)19-13)17-15-7-5-12(18-3)9-14(15)16/h4-7,9-10,17H,8,16H2,1-3H3. The molecule has 0 amide bonds. The monoisotopic (exact) mass is 276 g/mol. The lowest BCUT2D eigenvalue weighted by atomic mass is 10.2. The minimum absolute atomic E-state index is 0.341. The number of aryl methyl sites for hydroxylation is 1. The molecule has 4 heteroatoms. The molecule has 3 N–H and O–H groups in total. The number of benzene rings is 1. The molecule has 0 aliphatic heterocycles. The van der Waals surface area contributed by atoms with Crippen molar-refractivity contribution in [1.29, 1.82) is 0 Å². The van der Waals surface area contributed by atoms with E-state index in [0.29, 0.717) is 11.7 Å². The molecule has 19 heavy (non-hydrogen) atoms. The molecule has 0 saturated heterocycles. The summed E-state index contributed by atoms with van der Waals surface area (Å²) in [5, 5.41) is 3.45. The predicted octanol–water partition coefficient (Wildman–Crippen LogP) is 3.69. The fourth-order valence-corrected chi connectivity index (χ4v) is 3.03. The van der Waals surface area contributed by atoms with Crippen molar-refractivity contribution in [2.24, 2.45) is 0 Å². The fraction of sp³-hybridized carbons (Fsp3) is 0.333. The Morgan fingerprint density at radius 2 is 2.11 bits per heavy atom. The lowest BCUT2D eigenvalue weighted by Gasteiger charge is -2.16. The van der Waals surface area contributed by atoms with Crippen LogP contribution in [0.5, 0.6) is 5.75 Å². The number of ether oxygens (including phenoxy) is 1. The molecular weight excluding hydrogens is 256 g/mol. The first-order valence-corrected chi connectivity index (χ1v) is 7.15. The highest BCUT2D eigenvalue weighted by Crippen LogP contribution is 2.25. The first-order valence-electron chi connectivity index (χ1n) is 6.34. The Balaban J connectivity index is 2.00. The van der Waals surface area contributed by atoms with Crippen molar-refractivity contribution in [2.75, 3.05) is 18.2 Å². The fourth-order valence-electron chi connectivity index (χ4n) is 2.01. The smallest absolute Gasteiger partial charge is 0.121 e. The zero-order chi connectivity index (χ0) is 13.8. The van der Waals surface area contributed by atoms with Gasteiger partial charge in [0.1, 0.15) is 5.75 Å². The first kappa shape index (κ1) is 13.7. The summed E-state index contributed by atoms with van der Waals surface area (Å²) in [6, 6.07) is 10.4. The maximum atomic E-state index is 6.00. The molecule has 0 aliphatic carbocycles. The van der Waals surface area contributed by atoms with Crippen LogP contribution >= 0.6 is 11.3 Å². The van der Waals surface area contributed by atoms with E-state index in [9.17, 15) is 0 Å². The summed E-state index contributed by atoms with van der Waals surface area (Å²) < 4.78 is 5.15. The van der Waals surface area contributed by atoms with E-state index in [1.807, 2.05) is 29.5 Å². The van der Waals surface area contributed by atoms with Gasteiger partial charge in [-0.15, -0.1) is 11.3 Å². The van der Waals surface area contributed by atoms with Gasteiger partial charge in [0.05, 0.1) is 18.5 Å². The summed E-state index contributed by atoms with van der Waals surface area (Å²) >= 11 is 1.85. The van der Waals surface area contributed by atoms with Crippen LogP contribution in [-0.2, 0) is 6.42 Å². The maximum Gasteiger partial charge on any atom is 0.121 e. The molecule has 1 aromatic carbocycles. The van der Waals surface area contributed by atoms with E-state index in [-0.39, 0.29) is 0 Å². The van der Waals surface area contributed by atoms with Crippen molar-refractivity contribution in [1.82, 2.24) is 0 Å². The van der Waals surface area contributed by atoms with Crippen LogP contribution < -0.4 is 15.8 Å². The second-order valence-electron chi connectivity index (χ2n) is 4.72. The van der Waals surface area contributed by atoms with Gasteiger partial charge in [0.15, 0.2) is 0 Å². The maximum absolute atomic E-state index is 6.00.